The van der Waals surface area contributed by atoms with E-state index >= 15 is 0 Å². The number of hydrogen-bond acceptors (Lipinski definition) is 6. The van der Waals surface area contributed by atoms with E-state index in [0.29, 0.717) is 19.6 Å². The van der Waals surface area contributed by atoms with Gasteiger partial charge in [-0.05, 0) is 13.3 Å². The zero-order valence-corrected chi connectivity index (χ0v) is 15.1. The van der Waals surface area contributed by atoms with Gasteiger partial charge in [0.25, 0.3) is 0 Å². The Morgan fingerprint density at radius 1 is 1.30 bits per heavy atom. The van der Waals surface area contributed by atoms with Crippen LogP contribution in [-0.2, 0) is 23.9 Å². The largest absolute Gasteiger partial charge is 0.481 e. The molecule has 4 aliphatic heterocycles. The quantitative estimate of drug-likeness (QED) is 0.588. The first-order valence-corrected chi connectivity index (χ1v) is 9.32. The number of likely N-dealkylation sites (tertiary alicyclic amines) is 1. The van der Waals surface area contributed by atoms with Crippen LogP contribution in [0, 0.1) is 11.8 Å². The lowest BCUT2D eigenvalue weighted by atomic mass is 9.75. The molecular weight excluding hydrogens is 356 g/mol. The number of morpholine rings is 1. The molecule has 3 fully saturated rings. The molecule has 9 heteroatoms. The van der Waals surface area contributed by atoms with Gasteiger partial charge in [0.05, 0.1) is 25.2 Å². The fourth-order valence-electron chi connectivity index (χ4n) is 4.98. The second-order valence-electron chi connectivity index (χ2n) is 7.71. The average Bonchev–Trinajstić information content (AvgIpc) is 3.27. The van der Waals surface area contributed by atoms with Crippen molar-refractivity contribution in [3.05, 3.63) is 12.2 Å². The van der Waals surface area contributed by atoms with Crippen molar-refractivity contribution in [2.24, 2.45) is 11.8 Å². The smallest absolute Gasteiger partial charge is 0.329 e. The monoisotopic (exact) mass is 380 g/mol. The lowest BCUT2D eigenvalue weighted by Gasteiger charge is -2.35. The Morgan fingerprint density at radius 3 is 2.63 bits per heavy atom. The Bertz CT molecular complexity index is 689. The van der Waals surface area contributed by atoms with E-state index in [1.165, 1.54) is 4.90 Å². The molecule has 6 atom stereocenters. The molecular formula is C18H24N2O7. The van der Waals surface area contributed by atoms with Crippen LogP contribution >= 0.6 is 0 Å². The number of carboxylic acid groups (broad SMARTS) is 2. The zero-order chi connectivity index (χ0) is 19.3. The van der Waals surface area contributed by atoms with Crippen molar-refractivity contribution in [3.63, 3.8) is 0 Å². The molecule has 0 aromatic carbocycles. The number of rotatable bonds is 6. The van der Waals surface area contributed by atoms with Gasteiger partial charge in [-0.15, -0.1) is 0 Å². The first kappa shape index (κ1) is 18.4. The van der Waals surface area contributed by atoms with Crippen LogP contribution in [0.2, 0.25) is 0 Å². The highest BCUT2D eigenvalue weighted by molar-refractivity contribution is 5.97. The minimum Gasteiger partial charge on any atom is -0.481 e. The fraction of sp³-hybridized carbons (Fsp3) is 0.722. The molecule has 27 heavy (non-hydrogen) atoms. The van der Waals surface area contributed by atoms with Crippen molar-refractivity contribution in [1.29, 1.82) is 0 Å². The second kappa shape index (κ2) is 6.57. The molecule has 2 N–H and O–H groups in total. The number of carbonyl (C=O) groups excluding carboxylic acids is 1. The number of aliphatic carboxylic acids is 2. The number of carbonyl (C=O) groups is 3. The predicted octanol–water partition coefficient (Wildman–Crippen LogP) is -0.583. The van der Waals surface area contributed by atoms with Gasteiger partial charge < -0.3 is 24.6 Å². The van der Waals surface area contributed by atoms with Crippen LogP contribution in [0.3, 0.4) is 0 Å². The summed E-state index contributed by atoms with van der Waals surface area (Å²) in [7, 11) is 0. The Labute approximate surface area is 156 Å². The van der Waals surface area contributed by atoms with Gasteiger partial charge in [-0.2, -0.15) is 0 Å². The third-order valence-corrected chi connectivity index (χ3v) is 6.27. The number of amides is 1. The molecule has 4 heterocycles. The molecule has 0 aliphatic carbocycles. The molecule has 0 aromatic heterocycles. The molecule has 9 nitrogen and oxygen atoms in total. The van der Waals surface area contributed by atoms with E-state index in [0.717, 1.165) is 19.6 Å². The van der Waals surface area contributed by atoms with Gasteiger partial charge >= 0.3 is 11.9 Å². The molecule has 0 aromatic rings. The van der Waals surface area contributed by atoms with Crippen LogP contribution in [0.5, 0.6) is 0 Å². The zero-order valence-electron chi connectivity index (χ0n) is 15.1. The van der Waals surface area contributed by atoms with Gasteiger partial charge in [0.1, 0.15) is 11.5 Å². The van der Waals surface area contributed by atoms with Gasteiger partial charge in [0.15, 0.2) is 6.04 Å². The highest BCUT2D eigenvalue weighted by Gasteiger charge is 2.73. The highest BCUT2D eigenvalue weighted by Crippen LogP contribution is 2.55. The van der Waals surface area contributed by atoms with Crippen molar-refractivity contribution >= 4 is 17.8 Å². The van der Waals surface area contributed by atoms with Crippen LogP contribution in [-0.4, -0.2) is 94.5 Å². The summed E-state index contributed by atoms with van der Waals surface area (Å²) >= 11 is 0. The lowest BCUT2D eigenvalue weighted by Crippen LogP contribution is -2.53. The Morgan fingerprint density at radius 2 is 2.00 bits per heavy atom. The fourth-order valence-corrected chi connectivity index (χ4v) is 4.98. The summed E-state index contributed by atoms with van der Waals surface area (Å²) in [5.74, 6) is -4.76. The predicted molar refractivity (Wildman–Crippen MR) is 91.0 cm³/mol. The summed E-state index contributed by atoms with van der Waals surface area (Å²) < 4.78 is 11.1. The number of fused-ring (bicyclic) bond motifs is 1. The van der Waals surface area contributed by atoms with Gasteiger partial charge in [0, 0.05) is 25.7 Å². The first-order valence-electron chi connectivity index (χ1n) is 9.32. The van der Waals surface area contributed by atoms with Crippen molar-refractivity contribution < 1.29 is 34.1 Å². The third-order valence-electron chi connectivity index (χ3n) is 6.27. The maximum atomic E-state index is 13.1. The molecule has 4 aliphatic rings. The van der Waals surface area contributed by atoms with Crippen LogP contribution in [0.4, 0.5) is 0 Å². The van der Waals surface area contributed by atoms with Gasteiger partial charge in [-0.3, -0.25) is 14.5 Å². The van der Waals surface area contributed by atoms with Gasteiger partial charge in [-0.1, -0.05) is 12.2 Å². The Balaban J connectivity index is 1.57. The average molecular weight is 380 g/mol. The van der Waals surface area contributed by atoms with E-state index in [9.17, 15) is 24.6 Å². The standard InChI is InChI=1S/C18H24N2O7/c1-10(3-5-19-6-8-26-9-7-19)20-14(17(24)25)18-4-2-11(27-18)12(16(22)23)13(18)15(20)21/h2,4,10-14H,3,5-9H2,1H3,(H,22,23)(H,24,25). The maximum absolute atomic E-state index is 13.1. The number of ether oxygens (including phenoxy) is 2. The van der Waals surface area contributed by atoms with E-state index in [1.807, 2.05) is 6.92 Å². The van der Waals surface area contributed by atoms with Crippen LogP contribution in [0.15, 0.2) is 12.2 Å². The lowest BCUT2D eigenvalue weighted by molar-refractivity contribution is -0.155. The summed E-state index contributed by atoms with van der Waals surface area (Å²) in [6.07, 6.45) is 3.03. The number of carboxylic acids is 2. The van der Waals surface area contributed by atoms with Crippen molar-refractivity contribution in [1.82, 2.24) is 9.80 Å². The van der Waals surface area contributed by atoms with Gasteiger partial charge in [-0.25, -0.2) is 4.79 Å². The van der Waals surface area contributed by atoms with E-state index in [4.69, 9.17) is 9.47 Å². The number of nitrogens with zero attached hydrogens (tertiary/aromatic N) is 2. The highest BCUT2D eigenvalue weighted by atomic mass is 16.5. The maximum Gasteiger partial charge on any atom is 0.329 e. The van der Waals surface area contributed by atoms with E-state index < -0.39 is 47.4 Å². The van der Waals surface area contributed by atoms with Crippen molar-refractivity contribution in [2.75, 3.05) is 32.8 Å². The molecule has 4 rings (SSSR count). The van der Waals surface area contributed by atoms with E-state index in [1.54, 1.807) is 12.2 Å². The molecule has 1 spiro atoms. The molecule has 2 bridgehead atoms. The summed E-state index contributed by atoms with van der Waals surface area (Å²) in [5, 5.41) is 19.4. The van der Waals surface area contributed by atoms with Gasteiger partial charge in [0.2, 0.25) is 5.91 Å². The second-order valence-corrected chi connectivity index (χ2v) is 7.71. The molecule has 148 valence electrons. The minimum absolute atomic E-state index is 0.341. The molecule has 0 radical (unpaired) electrons. The van der Waals surface area contributed by atoms with Crippen molar-refractivity contribution in [2.45, 2.75) is 37.1 Å². The summed E-state index contributed by atoms with van der Waals surface area (Å²) in [6, 6.07) is -1.55. The Kier molecular flexibility index (Phi) is 4.48. The van der Waals surface area contributed by atoms with Crippen LogP contribution < -0.4 is 0 Å². The normalized spacial score (nSPS) is 39.0. The molecule has 0 saturated carbocycles. The van der Waals surface area contributed by atoms with Crippen LogP contribution in [0.1, 0.15) is 13.3 Å². The van der Waals surface area contributed by atoms with E-state index in [-0.39, 0.29) is 6.04 Å². The molecule has 3 saturated heterocycles. The van der Waals surface area contributed by atoms with Crippen molar-refractivity contribution in [3.8, 4) is 0 Å². The first-order chi connectivity index (χ1) is 12.9. The Hall–Kier alpha value is -1.97. The molecule has 1 amide bonds. The van der Waals surface area contributed by atoms with Crippen LogP contribution in [0.25, 0.3) is 0 Å². The SMILES string of the molecule is CC(CCN1CCOCC1)N1C(=O)C2C(C(=O)O)C3C=CC2(O3)C1C(=O)O. The minimum atomic E-state index is -1.39. The third kappa shape index (κ3) is 2.67. The summed E-state index contributed by atoms with van der Waals surface area (Å²) in [4.78, 5) is 40.5. The molecule has 6 unspecified atom stereocenters. The summed E-state index contributed by atoms with van der Waals surface area (Å²) in [5.41, 5.74) is -1.39. The topological polar surface area (TPSA) is 117 Å². The van der Waals surface area contributed by atoms with E-state index in [2.05, 4.69) is 4.90 Å². The number of hydrogen-bond donors (Lipinski definition) is 2. The summed E-state index contributed by atoms with van der Waals surface area (Å²) in [6.45, 7) is 5.49.